The maximum atomic E-state index is 12.1. The van der Waals surface area contributed by atoms with Gasteiger partial charge in [-0.1, -0.05) is 11.6 Å². The van der Waals surface area contributed by atoms with Crippen molar-refractivity contribution in [2.75, 3.05) is 5.73 Å². The quantitative estimate of drug-likeness (QED) is 0.845. The molecule has 19 heavy (non-hydrogen) atoms. The van der Waals surface area contributed by atoms with E-state index in [1.54, 1.807) is 29.1 Å². The van der Waals surface area contributed by atoms with Crippen molar-refractivity contribution in [3.05, 3.63) is 46.7 Å². The fourth-order valence-electron chi connectivity index (χ4n) is 1.74. The van der Waals surface area contributed by atoms with Gasteiger partial charge in [-0.2, -0.15) is 5.10 Å². The van der Waals surface area contributed by atoms with Crippen molar-refractivity contribution in [2.45, 2.75) is 13.0 Å². The molecule has 0 fully saturated rings. The van der Waals surface area contributed by atoms with E-state index in [0.29, 0.717) is 16.3 Å². The number of aromatic nitrogens is 2. The van der Waals surface area contributed by atoms with Crippen LogP contribution in [0.5, 0.6) is 0 Å². The lowest BCUT2D eigenvalue weighted by atomic mass is 10.1. The Morgan fingerprint density at radius 1 is 1.53 bits per heavy atom. The summed E-state index contributed by atoms with van der Waals surface area (Å²) in [5.41, 5.74) is 7.47. The van der Waals surface area contributed by atoms with Gasteiger partial charge in [-0.3, -0.25) is 9.48 Å². The molecule has 0 radical (unpaired) electrons. The van der Waals surface area contributed by atoms with Crippen LogP contribution in [0.3, 0.4) is 0 Å². The second-order valence-electron chi connectivity index (χ2n) is 4.38. The number of hydrogen-bond donors (Lipinski definition) is 2. The number of anilines is 1. The second-order valence-corrected chi connectivity index (χ2v) is 4.79. The highest BCUT2D eigenvalue weighted by atomic mass is 35.5. The number of benzene rings is 1. The fraction of sp³-hybridized carbons (Fsp3) is 0.231. The standard InChI is InChI=1S/C13H15ClN4O/c1-8(9-6-16-18(2)7-9)17-13(19)11-4-3-10(15)5-12(11)14/h3-8H,15H2,1-2H3,(H,17,19). The fourth-order valence-corrected chi connectivity index (χ4v) is 2.01. The zero-order valence-electron chi connectivity index (χ0n) is 10.7. The van der Waals surface area contributed by atoms with Gasteiger partial charge in [-0.05, 0) is 25.1 Å². The molecule has 0 bridgehead atoms. The van der Waals surface area contributed by atoms with Crippen molar-refractivity contribution < 1.29 is 4.79 Å². The molecule has 1 unspecified atom stereocenters. The number of nitrogens with two attached hydrogens (primary N) is 1. The van der Waals surface area contributed by atoms with E-state index in [9.17, 15) is 4.79 Å². The van der Waals surface area contributed by atoms with E-state index in [1.807, 2.05) is 20.2 Å². The summed E-state index contributed by atoms with van der Waals surface area (Å²) in [6, 6.07) is 4.68. The molecule has 1 heterocycles. The van der Waals surface area contributed by atoms with E-state index in [-0.39, 0.29) is 11.9 Å². The summed E-state index contributed by atoms with van der Waals surface area (Å²) in [7, 11) is 1.83. The molecule has 0 spiro atoms. The highest BCUT2D eigenvalue weighted by molar-refractivity contribution is 6.34. The first-order valence-corrected chi connectivity index (χ1v) is 6.19. The molecule has 6 heteroatoms. The monoisotopic (exact) mass is 278 g/mol. The molecule has 3 N–H and O–H groups in total. The number of carbonyl (C=O) groups excluding carboxylic acids is 1. The van der Waals surface area contributed by atoms with Gasteiger partial charge in [-0.15, -0.1) is 0 Å². The van der Waals surface area contributed by atoms with Crippen LogP contribution in [0.15, 0.2) is 30.6 Å². The van der Waals surface area contributed by atoms with E-state index in [2.05, 4.69) is 10.4 Å². The predicted molar refractivity (Wildman–Crippen MR) is 75.0 cm³/mol. The average molecular weight is 279 g/mol. The maximum absolute atomic E-state index is 12.1. The van der Waals surface area contributed by atoms with Crippen LogP contribution >= 0.6 is 11.6 Å². The minimum Gasteiger partial charge on any atom is -0.399 e. The number of nitrogens with zero attached hydrogens (tertiary/aromatic N) is 2. The minimum atomic E-state index is -0.235. The molecule has 5 nitrogen and oxygen atoms in total. The highest BCUT2D eigenvalue weighted by Gasteiger charge is 2.15. The molecule has 1 amide bonds. The smallest absolute Gasteiger partial charge is 0.253 e. The summed E-state index contributed by atoms with van der Waals surface area (Å²) in [4.78, 5) is 12.1. The van der Waals surface area contributed by atoms with Crippen molar-refractivity contribution in [1.29, 1.82) is 0 Å². The van der Waals surface area contributed by atoms with Gasteiger partial charge in [0.2, 0.25) is 0 Å². The molecule has 1 aromatic carbocycles. The third-order valence-corrected chi connectivity index (χ3v) is 3.12. The van der Waals surface area contributed by atoms with E-state index >= 15 is 0 Å². The van der Waals surface area contributed by atoms with Gasteiger partial charge in [0.05, 0.1) is 22.8 Å². The van der Waals surface area contributed by atoms with E-state index < -0.39 is 0 Å². The molecule has 1 atom stereocenters. The van der Waals surface area contributed by atoms with Gasteiger partial charge in [0.25, 0.3) is 5.91 Å². The van der Waals surface area contributed by atoms with E-state index in [4.69, 9.17) is 17.3 Å². The third kappa shape index (κ3) is 3.06. The molecule has 0 aliphatic heterocycles. The molecular weight excluding hydrogens is 264 g/mol. The number of halogens is 1. The summed E-state index contributed by atoms with van der Waals surface area (Å²) in [6.07, 6.45) is 3.57. The summed E-state index contributed by atoms with van der Waals surface area (Å²) >= 11 is 6.00. The number of amides is 1. The van der Waals surface area contributed by atoms with Gasteiger partial charge < -0.3 is 11.1 Å². The Labute approximate surface area is 116 Å². The van der Waals surface area contributed by atoms with Crippen LogP contribution < -0.4 is 11.1 Å². The van der Waals surface area contributed by atoms with Crippen molar-refractivity contribution >= 4 is 23.2 Å². The molecule has 1 aromatic heterocycles. The number of aryl methyl sites for hydroxylation is 1. The molecule has 100 valence electrons. The van der Waals surface area contributed by atoms with Gasteiger partial charge in [-0.25, -0.2) is 0 Å². The lowest BCUT2D eigenvalue weighted by Gasteiger charge is -2.13. The van der Waals surface area contributed by atoms with Crippen molar-refractivity contribution in [1.82, 2.24) is 15.1 Å². The Balaban J connectivity index is 2.12. The molecule has 0 aliphatic rings. The van der Waals surface area contributed by atoms with Gasteiger partial charge >= 0.3 is 0 Å². The average Bonchev–Trinajstić information content (AvgIpc) is 2.75. The number of nitrogen functional groups attached to an aromatic ring is 1. The van der Waals surface area contributed by atoms with Gasteiger partial charge in [0.1, 0.15) is 0 Å². The number of rotatable bonds is 3. The first kappa shape index (κ1) is 13.4. The maximum Gasteiger partial charge on any atom is 0.253 e. The number of hydrogen-bond acceptors (Lipinski definition) is 3. The zero-order chi connectivity index (χ0) is 14.0. The van der Waals surface area contributed by atoms with Crippen LogP contribution in [0.1, 0.15) is 28.9 Å². The van der Waals surface area contributed by atoms with E-state index in [0.717, 1.165) is 5.56 Å². The highest BCUT2D eigenvalue weighted by Crippen LogP contribution is 2.20. The Bertz CT molecular complexity index is 608. The summed E-state index contributed by atoms with van der Waals surface area (Å²) in [6.45, 7) is 1.89. The number of nitrogens with one attached hydrogen (secondary N) is 1. The predicted octanol–water partition coefficient (Wildman–Crippen LogP) is 2.15. The molecule has 0 saturated heterocycles. The van der Waals surface area contributed by atoms with Crippen molar-refractivity contribution in [3.8, 4) is 0 Å². The van der Waals surface area contributed by atoms with Crippen LogP contribution in [0.4, 0.5) is 5.69 Å². The molecule has 0 saturated carbocycles. The molecule has 2 rings (SSSR count). The van der Waals surface area contributed by atoms with Crippen LogP contribution in [-0.2, 0) is 7.05 Å². The largest absolute Gasteiger partial charge is 0.399 e. The Morgan fingerprint density at radius 3 is 2.84 bits per heavy atom. The Hall–Kier alpha value is -2.01. The van der Waals surface area contributed by atoms with Gasteiger partial charge in [0, 0.05) is 24.5 Å². The molecular formula is C13H15ClN4O. The van der Waals surface area contributed by atoms with Crippen LogP contribution in [0, 0.1) is 0 Å². The van der Waals surface area contributed by atoms with Crippen LogP contribution in [-0.4, -0.2) is 15.7 Å². The minimum absolute atomic E-state index is 0.144. The Kier molecular flexibility index (Phi) is 3.76. The zero-order valence-corrected chi connectivity index (χ0v) is 11.5. The SMILES string of the molecule is CC(NC(=O)c1ccc(N)cc1Cl)c1cnn(C)c1. The van der Waals surface area contributed by atoms with Crippen molar-refractivity contribution in [3.63, 3.8) is 0 Å². The lowest BCUT2D eigenvalue weighted by Crippen LogP contribution is -2.26. The summed E-state index contributed by atoms with van der Waals surface area (Å²) in [5, 5.41) is 7.28. The Morgan fingerprint density at radius 2 is 2.26 bits per heavy atom. The lowest BCUT2D eigenvalue weighted by molar-refractivity contribution is 0.0940. The summed E-state index contributed by atoms with van der Waals surface area (Å²) < 4.78 is 1.69. The van der Waals surface area contributed by atoms with Crippen molar-refractivity contribution in [2.24, 2.45) is 7.05 Å². The second kappa shape index (κ2) is 5.32. The third-order valence-electron chi connectivity index (χ3n) is 2.81. The van der Waals surface area contributed by atoms with Gasteiger partial charge in [0.15, 0.2) is 0 Å². The first-order chi connectivity index (χ1) is 8.97. The number of carbonyl (C=O) groups is 1. The topological polar surface area (TPSA) is 72.9 Å². The normalized spacial score (nSPS) is 12.2. The molecule has 2 aromatic rings. The van der Waals surface area contributed by atoms with E-state index in [1.165, 1.54) is 0 Å². The molecule has 0 aliphatic carbocycles. The summed E-state index contributed by atoms with van der Waals surface area (Å²) in [5.74, 6) is -0.235. The van der Waals surface area contributed by atoms with Crippen LogP contribution in [0.25, 0.3) is 0 Å². The van der Waals surface area contributed by atoms with Crippen LogP contribution in [0.2, 0.25) is 5.02 Å². The first-order valence-electron chi connectivity index (χ1n) is 5.82.